The summed E-state index contributed by atoms with van der Waals surface area (Å²) in [5.74, 6) is 0.966. The van der Waals surface area contributed by atoms with Gasteiger partial charge in [0, 0.05) is 18.0 Å². The molecule has 1 aliphatic heterocycles. The Hall–Kier alpha value is -2.13. The third kappa shape index (κ3) is 2.96. The number of hydrogen-bond acceptors (Lipinski definition) is 2. The molecule has 3 nitrogen and oxygen atoms in total. The third-order valence-electron chi connectivity index (χ3n) is 5.05. The van der Waals surface area contributed by atoms with Gasteiger partial charge in [-0.25, -0.2) is 4.57 Å². The number of benzene rings is 2. The van der Waals surface area contributed by atoms with Gasteiger partial charge < -0.3 is 4.74 Å². The highest BCUT2D eigenvalue weighted by Gasteiger charge is 2.13. The Morgan fingerprint density at radius 1 is 1.04 bits per heavy atom. The summed E-state index contributed by atoms with van der Waals surface area (Å²) in [6.45, 7) is 6.39. The number of aryl methyl sites for hydroxylation is 2. The molecule has 0 saturated carbocycles. The normalized spacial score (nSPS) is 15.4. The zero-order chi connectivity index (χ0) is 16.5. The van der Waals surface area contributed by atoms with Gasteiger partial charge in [-0.3, -0.25) is 4.90 Å². The van der Waals surface area contributed by atoms with Gasteiger partial charge in [-0.15, -0.1) is 0 Å². The van der Waals surface area contributed by atoms with Crippen LogP contribution in [0.5, 0.6) is 5.75 Å². The molecular weight excluding hydrogens is 296 g/mol. The summed E-state index contributed by atoms with van der Waals surface area (Å²) in [7, 11) is 2.11. The molecule has 24 heavy (non-hydrogen) atoms. The molecule has 1 saturated heterocycles. The molecule has 1 aliphatic rings. The highest BCUT2D eigenvalue weighted by Crippen LogP contribution is 2.26. The van der Waals surface area contributed by atoms with Crippen molar-refractivity contribution in [3.05, 3.63) is 48.2 Å². The fraction of sp³-hybridized carbons (Fsp3) is 0.381. The van der Waals surface area contributed by atoms with Crippen LogP contribution in [0.2, 0.25) is 0 Å². The molecule has 0 amide bonds. The highest BCUT2D eigenvalue weighted by molar-refractivity contribution is 6.04. The van der Waals surface area contributed by atoms with E-state index in [9.17, 15) is 0 Å². The zero-order valence-electron chi connectivity index (χ0n) is 14.6. The number of rotatable bonds is 4. The smallest absolute Gasteiger partial charge is 0.212 e. The first kappa shape index (κ1) is 15.4. The van der Waals surface area contributed by atoms with Crippen LogP contribution in [0.1, 0.15) is 18.4 Å². The monoisotopic (exact) mass is 321 g/mol. The Morgan fingerprint density at radius 2 is 1.88 bits per heavy atom. The predicted octanol–water partition coefficient (Wildman–Crippen LogP) is 3.60. The zero-order valence-corrected chi connectivity index (χ0v) is 14.6. The lowest BCUT2D eigenvalue weighted by molar-refractivity contribution is -0.643. The van der Waals surface area contributed by atoms with Crippen LogP contribution >= 0.6 is 0 Å². The van der Waals surface area contributed by atoms with Crippen LogP contribution in [0.4, 0.5) is 0 Å². The SMILES string of the molecule is Cc1ccc2c(c1)c1ccc(OCCN3CCCC3)cc1c[n+]2C. The quantitative estimate of drug-likeness (QED) is 0.539. The largest absolute Gasteiger partial charge is 0.492 e. The van der Waals surface area contributed by atoms with Crippen molar-refractivity contribution < 1.29 is 9.30 Å². The van der Waals surface area contributed by atoms with Crippen LogP contribution < -0.4 is 9.30 Å². The molecule has 3 heteroatoms. The van der Waals surface area contributed by atoms with E-state index < -0.39 is 0 Å². The topological polar surface area (TPSA) is 16.4 Å². The van der Waals surface area contributed by atoms with Gasteiger partial charge in [-0.2, -0.15) is 0 Å². The van der Waals surface area contributed by atoms with Crippen molar-refractivity contribution >= 4 is 21.7 Å². The van der Waals surface area contributed by atoms with Gasteiger partial charge in [-0.05, 0) is 57.1 Å². The van der Waals surface area contributed by atoms with E-state index in [1.807, 2.05) is 0 Å². The molecule has 0 spiro atoms. The maximum Gasteiger partial charge on any atom is 0.212 e. The highest BCUT2D eigenvalue weighted by atomic mass is 16.5. The molecule has 3 aromatic rings. The second-order valence-electron chi connectivity index (χ2n) is 6.91. The number of nitrogens with zero attached hydrogens (tertiary/aromatic N) is 2. The Morgan fingerprint density at radius 3 is 2.71 bits per heavy atom. The molecule has 2 aromatic carbocycles. The molecule has 0 aliphatic carbocycles. The first-order valence-corrected chi connectivity index (χ1v) is 8.89. The van der Waals surface area contributed by atoms with E-state index in [-0.39, 0.29) is 0 Å². The molecule has 4 rings (SSSR count). The minimum absolute atomic E-state index is 0.768. The molecule has 0 unspecified atom stereocenters. The summed E-state index contributed by atoms with van der Waals surface area (Å²) >= 11 is 0. The molecule has 2 heterocycles. The van der Waals surface area contributed by atoms with E-state index in [1.54, 1.807) is 0 Å². The van der Waals surface area contributed by atoms with Crippen LogP contribution in [0.25, 0.3) is 21.7 Å². The first-order chi connectivity index (χ1) is 11.7. The lowest BCUT2D eigenvalue weighted by atomic mass is 10.0. The molecule has 0 bridgehead atoms. The van der Waals surface area contributed by atoms with Crippen molar-refractivity contribution in [3.63, 3.8) is 0 Å². The maximum absolute atomic E-state index is 6.00. The van der Waals surface area contributed by atoms with Gasteiger partial charge in [0.25, 0.3) is 0 Å². The second kappa shape index (κ2) is 6.40. The van der Waals surface area contributed by atoms with Gasteiger partial charge in [0.1, 0.15) is 19.4 Å². The van der Waals surface area contributed by atoms with E-state index in [4.69, 9.17) is 4.74 Å². The molecule has 0 N–H and O–H groups in total. The second-order valence-corrected chi connectivity index (χ2v) is 6.91. The van der Waals surface area contributed by atoms with Gasteiger partial charge in [0.15, 0.2) is 6.20 Å². The van der Waals surface area contributed by atoms with Crippen molar-refractivity contribution in [2.45, 2.75) is 19.8 Å². The number of pyridine rings is 1. The van der Waals surface area contributed by atoms with Crippen LogP contribution in [-0.4, -0.2) is 31.1 Å². The molecular formula is C21H25N2O+. The van der Waals surface area contributed by atoms with Crippen molar-refractivity contribution in [1.82, 2.24) is 4.90 Å². The molecule has 0 radical (unpaired) electrons. The van der Waals surface area contributed by atoms with E-state index in [0.717, 1.165) is 18.9 Å². The average Bonchev–Trinajstić information content (AvgIpc) is 3.08. The third-order valence-corrected chi connectivity index (χ3v) is 5.05. The van der Waals surface area contributed by atoms with E-state index >= 15 is 0 Å². The van der Waals surface area contributed by atoms with Crippen LogP contribution in [-0.2, 0) is 7.05 Å². The van der Waals surface area contributed by atoms with Gasteiger partial charge in [-0.1, -0.05) is 11.6 Å². The minimum Gasteiger partial charge on any atom is -0.492 e. The summed E-state index contributed by atoms with van der Waals surface area (Å²) in [6.07, 6.45) is 4.86. The van der Waals surface area contributed by atoms with Crippen LogP contribution in [0, 0.1) is 6.92 Å². The Bertz CT molecular complexity index is 882. The van der Waals surface area contributed by atoms with Gasteiger partial charge >= 0.3 is 0 Å². The van der Waals surface area contributed by atoms with Crippen LogP contribution in [0.15, 0.2) is 42.6 Å². The molecule has 1 fully saturated rings. The summed E-state index contributed by atoms with van der Waals surface area (Å²) in [5.41, 5.74) is 2.55. The predicted molar refractivity (Wildman–Crippen MR) is 98.5 cm³/mol. The van der Waals surface area contributed by atoms with E-state index in [1.165, 1.54) is 53.2 Å². The van der Waals surface area contributed by atoms with Crippen LogP contribution in [0.3, 0.4) is 0 Å². The first-order valence-electron chi connectivity index (χ1n) is 8.89. The average molecular weight is 321 g/mol. The summed E-state index contributed by atoms with van der Waals surface area (Å²) in [4.78, 5) is 2.48. The Balaban J connectivity index is 1.61. The summed E-state index contributed by atoms with van der Waals surface area (Å²) < 4.78 is 8.20. The summed E-state index contributed by atoms with van der Waals surface area (Å²) in [6, 6.07) is 13.1. The fourth-order valence-electron chi connectivity index (χ4n) is 3.73. The number of likely N-dealkylation sites (tertiary alicyclic amines) is 1. The standard InChI is InChI=1S/C21H25N2O/c1-16-5-8-21-20(13-16)19-7-6-18(14-17(19)15-22(21)2)24-12-11-23-9-3-4-10-23/h5-8,13-15H,3-4,9-12H2,1-2H3/q+1. The Labute approximate surface area is 143 Å². The van der Waals surface area contributed by atoms with Gasteiger partial charge in [0.2, 0.25) is 5.52 Å². The van der Waals surface area contributed by atoms with Crippen molar-refractivity contribution in [2.24, 2.45) is 7.05 Å². The number of fused-ring (bicyclic) bond motifs is 3. The number of ether oxygens (including phenoxy) is 1. The van der Waals surface area contributed by atoms with Gasteiger partial charge in [0.05, 0.1) is 10.8 Å². The van der Waals surface area contributed by atoms with E-state index in [0.29, 0.717) is 0 Å². The molecule has 0 atom stereocenters. The number of aromatic nitrogens is 1. The molecule has 1 aromatic heterocycles. The summed E-state index contributed by atoms with van der Waals surface area (Å²) in [5, 5.41) is 3.83. The minimum atomic E-state index is 0.768. The Kier molecular flexibility index (Phi) is 4.11. The lowest BCUT2D eigenvalue weighted by Crippen LogP contribution is -2.28. The van der Waals surface area contributed by atoms with E-state index in [2.05, 4.69) is 66.0 Å². The molecule has 124 valence electrons. The number of hydrogen-bond donors (Lipinski definition) is 0. The lowest BCUT2D eigenvalue weighted by Gasteiger charge is -2.15. The fourth-order valence-corrected chi connectivity index (χ4v) is 3.73. The van der Waals surface area contributed by atoms with Crippen molar-refractivity contribution in [3.8, 4) is 5.75 Å². The van der Waals surface area contributed by atoms with Crippen molar-refractivity contribution in [2.75, 3.05) is 26.2 Å². The van der Waals surface area contributed by atoms with Crippen molar-refractivity contribution in [1.29, 1.82) is 0 Å². The maximum atomic E-state index is 6.00.